The molecule has 0 aliphatic heterocycles. The summed E-state index contributed by atoms with van der Waals surface area (Å²) < 4.78 is 0. The lowest BCUT2D eigenvalue weighted by Crippen LogP contribution is -2.45. The molecule has 0 rings (SSSR count). The summed E-state index contributed by atoms with van der Waals surface area (Å²) in [6, 6.07) is -0.276. The van der Waals surface area contributed by atoms with Gasteiger partial charge in [-0.1, -0.05) is 6.92 Å². The Balaban J connectivity index is 3.95. The van der Waals surface area contributed by atoms with E-state index in [0.29, 0.717) is 19.5 Å². The molecule has 7 nitrogen and oxygen atoms in total. The molecule has 0 aromatic heterocycles. The molecular formula is C13H25N3O4. The van der Waals surface area contributed by atoms with Crippen molar-refractivity contribution in [2.75, 3.05) is 26.7 Å². The Labute approximate surface area is 119 Å². The molecule has 0 bridgehead atoms. The predicted octanol–water partition coefficient (Wildman–Crippen LogP) is 0.655. The van der Waals surface area contributed by atoms with Crippen molar-refractivity contribution in [2.45, 2.75) is 33.1 Å². The summed E-state index contributed by atoms with van der Waals surface area (Å²) in [5.41, 5.74) is 0. The van der Waals surface area contributed by atoms with E-state index in [1.165, 1.54) is 11.9 Å². The minimum absolute atomic E-state index is 0.0351. The molecular weight excluding hydrogens is 262 g/mol. The Bertz CT molecular complexity index is 334. The SMILES string of the molecule is CCN(CC(=O)NC)C(=O)NCCC(C)CCC(=O)O. The summed E-state index contributed by atoms with van der Waals surface area (Å²) in [7, 11) is 1.53. The Morgan fingerprint density at radius 1 is 1.25 bits per heavy atom. The summed E-state index contributed by atoms with van der Waals surface area (Å²) in [5.74, 6) is -0.777. The number of nitrogens with one attached hydrogen (secondary N) is 2. The van der Waals surface area contributed by atoms with Crippen molar-refractivity contribution in [3.8, 4) is 0 Å². The number of hydrogen-bond donors (Lipinski definition) is 3. The number of carbonyl (C=O) groups excluding carboxylic acids is 2. The molecule has 3 amide bonds. The van der Waals surface area contributed by atoms with Crippen molar-refractivity contribution in [3.05, 3.63) is 0 Å². The molecule has 1 unspecified atom stereocenters. The van der Waals surface area contributed by atoms with Gasteiger partial charge < -0.3 is 20.6 Å². The average Bonchev–Trinajstić information content (AvgIpc) is 2.41. The maximum atomic E-state index is 11.8. The van der Waals surface area contributed by atoms with E-state index in [9.17, 15) is 14.4 Å². The molecule has 0 aromatic rings. The second-order valence-electron chi connectivity index (χ2n) is 4.75. The number of hydrogen-bond acceptors (Lipinski definition) is 3. The Morgan fingerprint density at radius 3 is 2.40 bits per heavy atom. The first-order valence-corrected chi connectivity index (χ1v) is 6.85. The van der Waals surface area contributed by atoms with E-state index in [4.69, 9.17) is 5.11 Å². The van der Waals surface area contributed by atoms with Crippen LogP contribution in [0.2, 0.25) is 0 Å². The van der Waals surface area contributed by atoms with Crippen LogP contribution in [0.5, 0.6) is 0 Å². The van der Waals surface area contributed by atoms with Crippen molar-refractivity contribution >= 4 is 17.9 Å². The molecule has 0 radical (unpaired) electrons. The molecule has 0 aliphatic rings. The summed E-state index contributed by atoms with van der Waals surface area (Å²) in [4.78, 5) is 34.9. The van der Waals surface area contributed by atoms with Crippen molar-refractivity contribution in [3.63, 3.8) is 0 Å². The largest absolute Gasteiger partial charge is 0.481 e. The molecule has 116 valence electrons. The Kier molecular flexibility index (Phi) is 9.15. The van der Waals surface area contributed by atoms with E-state index in [1.54, 1.807) is 6.92 Å². The van der Waals surface area contributed by atoms with Gasteiger partial charge in [-0.15, -0.1) is 0 Å². The van der Waals surface area contributed by atoms with Crippen LogP contribution in [0, 0.1) is 5.92 Å². The number of aliphatic carboxylic acids is 1. The maximum absolute atomic E-state index is 11.8. The lowest BCUT2D eigenvalue weighted by molar-refractivity contribution is -0.137. The van der Waals surface area contributed by atoms with Crippen LogP contribution < -0.4 is 10.6 Å². The highest BCUT2D eigenvalue weighted by atomic mass is 16.4. The monoisotopic (exact) mass is 287 g/mol. The number of amides is 3. The van der Waals surface area contributed by atoms with Crippen molar-refractivity contribution in [1.29, 1.82) is 0 Å². The van der Waals surface area contributed by atoms with Crippen LogP contribution in [0.3, 0.4) is 0 Å². The van der Waals surface area contributed by atoms with E-state index >= 15 is 0 Å². The number of likely N-dealkylation sites (N-methyl/N-ethyl adjacent to an activating group) is 2. The Hall–Kier alpha value is -1.79. The summed E-state index contributed by atoms with van der Waals surface area (Å²) in [6.07, 6.45) is 1.46. The van der Waals surface area contributed by atoms with Crippen molar-refractivity contribution in [2.24, 2.45) is 5.92 Å². The maximum Gasteiger partial charge on any atom is 0.317 e. The third-order valence-corrected chi connectivity index (χ3v) is 3.05. The first-order chi connectivity index (χ1) is 9.40. The molecule has 7 heteroatoms. The van der Waals surface area contributed by atoms with Crippen molar-refractivity contribution in [1.82, 2.24) is 15.5 Å². The summed E-state index contributed by atoms with van der Waals surface area (Å²) in [5, 5.41) is 13.8. The zero-order valence-electron chi connectivity index (χ0n) is 12.4. The summed E-state index contributed by atoms with van der Waals surface area (Å²) >= 11 is 0. The van der Waals surface area contributed by atoms with Crippen LogP contribution in [0.25, 0.3) is 0 Å². The molecule has 20 heavy (non-hydrogen) atoms. The molecule has 0 aromatic carbocycles. The fourth-order valence-electron chi connectivity index (χ4n) is 1.63. The van der Waals surface area contributed by atoms with Gasteiger partial charge in [0.2, 0.25) is 5.91 Å². The molecule has 0 spiro atoms. The van der Waals surface area contributed by atoms with E-state index in [2.05, 4.69) is 10.6 Å². The third-order valence-electron chi connectivity index (χ3n) is 3.05. The van der Waals surface area contributed by atoms with Gasteiger partial charge in [-0.25, -0.2) is 4.79 Å². The molecule has 0 aliphatic carbocycles. The van der Waals surface area contributed by atoms with Crippen LogP contribution >= 0.6 is 0 Å². The summed E-state index contributed by atoms with van der Waals surface area (Å²) in [6.45, 7) is 4.72. The smallest absolute Gasteiger partial charge is 0.317 e. The fourth-order valence-corrected chi connectivity index (χ4v) is 1.63. The topological polar surface area (TPSA) is 98.7 Å². The Morgan fingerprint density at radius 2 is 1.90 bits per heavy atom. The number of carbonyl (C=O) groups is 3. The minimum atomic E-state index is -0.802. The molecule has 3 N–H and O–H groups in total. The number of rotatable bonds is 9. The lowest BCUT2D eigenvalue weighted by atomic mass is 10.0. The quantitative estimate of drug-likeness (QED) is 0.580. The van der Waals surface area contributed by atoms with Gasteiger partial charge in [-0.3, -0.25) is 9.59 Å². The molecule has 0 saturated carbocycles. The highest BCUT2D eigenvalue weighted by Crippen LogP contribution is 2.09. The van der Waals surface area contributed by atoms with Gasteiger partial charge in [0.15, 0.2) is 0 Å². The molecule has 0 saturated heterocycles. The van der Waals surface area contributed by atoms with Crippen LogP contribution in [0.4, 0.5) is 4.79 Å². The third kappa shape index (κ3) is 8.34. The van der Waals surface area contributed by atoms with Crippen LogP contribution in [0.15, 0.2) is 0 Å². The van der Waals surface area contributed by atoms with E-state index < -0.39 is 5.97 Å². The fraction of sp³-hybridized carbons (Fsp3) is 0.769. The van der Waals surface area contributed by atoms with Gasteiger partial charge in [-0.2, -0.15) is 0 Å². The standard InChI is InChI=1S/C13H25N3O4/c1-4-16(9-11(17)14-3)13(20)15-8-7-10(2)5-6-12(18)19/h10H,4-9H2,1-3H3,(H,14,17)(H,15,20)(H,18,19). The second kappa shape index (κ2) is 10.1. The van der Waals surface area contributed by atoms with Gasteiger partial charge in [-0.05, 0) is 25.7 Å². The first kappa shape index (κ1) is 18.2. The lowest BCUT2D eigenvalue weighted by Gasteiger charge is -2.21. The van der Waals surface area contributed by atoms with Gasteiger partial charge in [0.25, 0.3) is 0 Å². The van der Waals surface area contributed by atoms with E-state index in [0.717, 1.165) is 6.42 Å². The number of carboxylic acid groups (broad SMARTS) is 1. The number of carboxylic acids is 1. The van der Waals surface area contributed by atoms with Crippen LogP contribution in [0.1, 0.15) is 33.1 Å². The number of urea groups is 1. The minimum Gasteiger partial charge on any atom is -0.481 e. The van der Waals surface area contributed by atoms with Gasteiger partial charge >= 0.3 is 12.0 Å². The average molecular weight is 287 g/mol. The second-order valence-corrected chi connectivity index (χ2v) is 4.75. The van der Waals surface area contributed by atoms with Crippen LogP contribution in [-0.2, 0) is 9.59 Å². The van der Waals surface area contributed by atoms with E-state index in [1.807, 2.05) is 6.92 Å². The van der Waals surface area contributed by atoms with Gasteiger partial charge in [0.1, 0.15) is 6.54 Å². The molecule has 1 atom stereocenters. The van der Waals surface area contributed by atoms with Gasteiger partial charge in [0.05, 0.1) is 0 Å². The normalized spacial score (nSPS) is 11.6. The molecule has 0 heterocycles. The zero-order chi connectivity index (χ0) is 15.5. The van der Waals surface area contributed by atoms with Crippen molar-refractivity contribution < 1.29 is 19.5 Å². The number of nitrogens with zero attached hydrogens (tertiary/aromatic N) is 1. The highest BCUT2D eigenvalue weighted by Gasteiger charge is 2.14. The van der Waals surface area contributed by atoms with Crippen LogP contribution in [-0.4, -0.2) is 54.6 Å². The first-order valence-electron chi connectivity index (χ1n) is 6.85. The molecule has 0 fully saturated rings. The predicted molar refractivity (Wildman–Crippen MR) is 75.4 cm³/mol. The zero-order valence-corrected chi connectivity index (χ0v) is 12.4. The highest BCUT2D eigenvalue weighted by molar-refractivity contribution is 5.83. The van der Waals surface area contributed by atoms with E-state index in [-0.39, 0.29) is 30.8 Å². The van der Waals surface area contributed by atoms with Gasteiger partial charge in [0, 0.05) is 26.6 Å².